The average molecular weight is 243 g/mol. The van der Waals surface area contributed by atoms with Crippen LogP contribution in [0.15, 0.2) is 42.7 Å². The summed E-state index contributed by atoms with van der Waals surface area (Å²) in [7, 11) is 0. The minimum atomic E-state index is 0.216. The molecule has 3 heteroatoms. The van der Waals surface area contributed by atoms with Gasteiger partial charge in [-0.3, -0.25) is 4.68 Å². The lowest BCUT2D eigenvalue weighted by atomic mass is 9.87. The molecule has 2 aromatic rings. The lowest BCUT2D eigenvalue weighted by Gasteiger charge is -2.19. The van der Waals surface area contributed by atoms with Crippen LogP contribution in [-0.4, -0.2) is 16.3 Å². The van der Waals surface area contributed by atoms with E-state index in [0.29, 0.717) is 0 Å². The normalized spacial score (nSPS) is 11.5. The van der Waals surface area contributed by atoms with Gasteiger partial charge in [-0.05, 0) is 29.2 Å². The molecule has 0 aliphatic rings. The van der Waals surface area contributed by atoms with E-state index in [1.165, 1.54) is 5.56 Å². The van der Waals surface area contributed by atoms with E-state index in [4.69, 9.17) is 0 Å². The Bertz CT molecular complexity index is 463. The summed E-state index contributed by atoms with van der Waals surface area (Å²) in [6.45, 7) is 8.46. The fourth-order valence-corrected chi connectivity index (χ4v) is 1.84. The Morgan fingerprint density at radius 2 is 1.89 bits per heavy atom. The second-order valence-electron chi connectivity index (χ2n) is 5.52. The molecule has 1 aromatic carbocycles. The highest BCUT2D eigenvalue weighted by Gasteiger charge is 2.12. The molecule has 0 spiro atoms. The van der Waals surface area contributed by atoms with E-state index in [1.807, 2.05) is 16.9 Å². The zero-order valence-corrected chi connectivity index (χ0v) is 11.4. The fourth-order valence-electron chi connectivity index (χ4n) is 1.84. The topological polar surface area (TPSA) is 29.9 Å². The van der Waals surface area contributed by atoms with Crippen molar-refractivity contribution < 1.29 is 0 Å². The molecule has 1 aromatic heterocycles. The molecule has 0 aliphatic carbocycles. The highest BCUT2D eigenvalue weighted by Crippen LogP contribution is 2.23. The summed E-state index contributed by atoms with van der Waals surface area (Å²) in [5, 5.41) is 7.57. The number of hydrogen-bond donors (Lipinski definition) is 1. The van der Waals surface area contributed by atoms with E-state index < -0.39 is 0 Å². The molecule has 0 atom stereocenters. The van der Waals surface area contributed by atoms with Gasteiger partial charge in [-0.15, -0.1) is 0 Å². The lowest BCUT2D eigenvalue weighted by Crippen LogP contribution is -2.12. The van der Waals surface area contributed by atoms with Gasteiger partial charge in [0, 0.05) is 24.6 Å². The summed E-state index contributed by atoms with van der Waals surface area (Å²) >= 11 is 0. The highest BCUT2D eigenvalue weighted by molar-refractivity contribution is 5.45. The quantitative estimate of drug-likeness (QED) is 0.893. The van der Waals surface area contributed by atoms with Gasteiger partial charge < -0.3 is 5.32 Å². The van der Waals surface area contributed by atoms with Crippen LogP contribution in [0.3, 0.4) is 0 Å². The first-order valence-corrected chi connectivity index (χ1v) is 6.37. The Balaban J connectivity index is 1.87. The molecular formula is C15H21N3. The number of hydrogen-bond acceptors (Lipinski definition) is 2. The van der Waals surface area contributed by atoms with Crippen LogP contribution in [0, 0.1) is 0 Å². The van der Waals surface area contributed by atoms with Crippen molar-refractivity contribution in [3.63, 3.8) is 0 Å². The molecule has 0 amide bonds. The third-order valence-electron chi connectivity index (χ3n) is 2.98. The van der Waals surface area contributed by atoms with Gasteiger partial charge in [0.2, 0.25) is 0 Å². The average Bonchev–Trinajstić information content (AvgIpc) is 2.82. The number of nitrogens with one attached hydrogen (secondary N) is 1. The molecule has 0 saturated carbocycles. The maximum absolute atomic E-state index is 4.17. The van der Waals surface area contributed by atoms with Crippen LogP contribution >= 0.6 is 0 Å². The van der Waals surface area contributed by atoms with Gasteiger partial charge in [-0.1, -0.05) is 32.9 Å². The van der Waals surface area contributed by atoms with Crippen LogP contribution in [0.2, 0.25) is 0 Å². The van der Waals surface area contributed by atoms with Crippen molar-refractivity contribution in [3.8, 4) is 0 Å². The first-order valence-electron chi connectivity index (χ1n) is 6.37. The number of anilines is 1. The number of aromatic nitrogens is 2. The molecule has 1 heterocycles. The molecule has 2 rings (SSSR count). The molecule has 0 radical (unpaired) electrons. The predicted molar refractivity (Wildman–Crippen MR) is 75.9 cm³/mol. The Kier molecular flexibility index (Phi) is 3.70. The van der Waals surface area contributed by atoms with Gasteiger partial charge in [-0.2, -0.15) is 5.10 Å². The zero-order valence-electron chi connectivity index (χ0n) is 11.4. The van der Waals surface area contributed by atoms with Crippen LogP contribution in [0.1, 0.15) is 26.3 Å². The third kappa shape index (κ3) is 3.36. The summed E-state index contributed by atoms with van der Waals surface area (Å²) in [5.74, 6) is 0. The predicted octanol–water partition coefficient (Wildman–Crippen LogP) is 3.29. The van der Waals surface area contributed by atoms with E-state index >= 15 is 0 Å². The van der Waals surface area contributed by atoms with Crippen molar-refractivity contribution in [2.75, 3.05) is 11.9 Å². The Labute approximate surface area is 109 Å². The molecule has 1 N–H and O–H groups in total. The van der Waals surface area contributed by atoms with E-state index in [2.05, 4.69) is 55.5 Å². The van der Waals surface area contributed by atoms with Crippen molar-refractivity contribution in [1.29, 1.82) is 0 Å². The summed E-state index contributed by atoms with van der Waals surface area (Å²) < 4.78 is 1.93. The van der Waals surface area contributed by atoms with E-state index in [-0.39, 0.29) is 5.41 Å². The second-order valence-corrected chi connectivity index (χ2v) is 5.52. The Morgan fingerprint density at radius 3 is 2.44 bits per heavy atom. The third-order valence-corrected chi connectivity index (χ3v) is 2.98. The smallest absolute Gasteiger partial charge is 0.0582 e. The molecule has 0 bridgehead atoms. The minimum Gasteiger partial charge on any atom is -0.383 e. The largest absolute Gasteiger partial charge is 0.383 e. The van der Waals surface area contributed by atoms with Crippen molar-refractivity contribution in [3.05, 3.63) is 48.3 Å². The number of benzene rings is 1. The van der Waals surface area contributed by atoms with Crippen molar-refractivity contribution in [2.24, 2.45) is 0 Å². The first kappa shape index (κ1) is 12.7. The van der Waals surface area contributed by atoms with Crippen molar-refractivity contribution in [1.82, 2.24) is 9.78 Å². The molecule has 0 fully saturated rings. The van der Waals surface area contributed by atoms with E-state index in [0.717, 1.165) is 18.8 Å². The van der Waals surface area contributed by atoms with Gasteiger partial charge in [0.05, 0.1) is 6.54 Å². The van der Waals surface area contributed by atoms with Crippen molar-refractivity contribution >= 4 is 5.69 Å². The van der Waals surface area contributed by atoms with E-state index in [1.54, 1.807) is 6.20 Å². The van der Waals surface area contributed by atoms with Gasteiger partial charge in [0.25, 0.3) is 0 Å². The Hall–Kier alpha value is -1.77. The SMILES string of the molecule is CC(C)(C)c1ccc(NCCn2cccn2)cc1. The van der Waals surface area contributed by atoms with Crippen LogP contribution in [0.25, 0.3) is 0 Å². The van der Waals surface area contributed by atoms with Crippen LogP contribution in [0.5, 0.6) is 0 Å². The maximum atomic E-state index is 4.17. The summed E-state index contributed by atoms with van der Waals surface area (Å²) in [6.07, 6.45) is 3.78. The molecule has 18 heavy (non-hydrogen) atoms. The Morgan fingerprint density at radius 1 is 1.17 bits per heavy atom. The molecule has 0 aliphatic heterocycles. The maximum Gasteiger partial charge on any atom is 0.0582 e. The second kappa shape index (κ2) is 5.25. The molecule has 0 unspecified atom stereocenters. The zero-order chi connectivity index (χ0) is 13.0. The van der Waals surface area contributed by atoms with E-state index in [9.17, 15) is 0 Å². The minimum absolute atomic E-state index is 0.216. The standard InChI is InChI=1S/C15H21N3/c1-15(2,3)13-5-7-14(8-6-13)16-10-12-18-11-4-9-17-18/h4-9,11,16H,10,12H2,1-3H3. The van der Waals surface area contributed by atoms with Crippen LogP contribution < -0.4 is 5.32 Å². The molecule has 3 nitrogen and oxygen atoms in total. The van der Waals surface area contributed by atoms with Crippen molar-refractivity contribution in [2.45, 2.75) is 32.7 Å². The summed E-state index contributed by atoms with van der Waals surface area (Å²) in [5.41, 5.74) is 2.74. The molecular weight excluding hydrogens is 222 g/mol. The van der Waals surface area contributed by atoms with Crippen LogP contribution in [0.4, 0.5) is 5.69 Å². The lowest BCUT2D eigenvalue weighted by molar-refractivity contribution is 0.590. The monoisotopic (exact) mass is 243 g/mol. The number of rotatable bonds is 4. The van der Waals surface area contributed by atoms with Gasteiger partial charge in [-0.25, -0.2) is 0 Å². The van der Waals surface area contributed by atoms with Gasteiger partial charge >= 0.3 is 0 Å². The molecule has 96 valence electrons. The number of nitrogens with zero attached hydrogens (tertiary/aromatic N) is 2. The first-order chi connectivity index (χ1) is 8.55. The fraction of sp³-hybridized carbons (Fsp3) is 0.400. The van der Waals surface area contributed by atoms with Gasteiger partial charge in [0.15, 0.2) is 0 Å². The summed E-state index contributed by atoms with van der Waals surface area (Å²) in [6, 6.07) is 10.6. The highest BCUT2D eigenvalue weighted by atomic mass is 15.3. The van der Waals surface area contributed by atoms with Crippen LogP contribution in [-0.2, 0) is 12.0 Å². The summed E-state index contributed by atoms with van der Waals surface area (Å²) in [4.78, 5) is 0. The van der Waals surface area contributed by atoms with Gasteiger partial charge in [0.1, 0.15) is 0 Å². The molecule has 0 saturated heterocycles.